The number of hydrogen-bond acceptors (Lipinski definition) is 0. The Morgan fingerprint density at radius 2 is 0.692 bits per heavy atom. The molecule has 0 N–H and O–H groups in total. The Morgan fingerprint density at radius 1 is 0.410 bits per heavy atom. The summed E-state index contributed by atoms with van der Waals surface area (Å²) in [5.74, 6) is -57.0. The number of rotatable bonds is 7. The van der Waals surface area contributed by atoms with Crippen LogP contribution in [0, 0.1) is 24.7 Å². The Bertz CT molecular complexity index is 1180. The molecule has 0 spiro atoms. The maximum absolute atomic E-state index is 14.5. The lowest BCUT2D eigenvalue weighted by atomic mass is 9.85. The highest BCUT2D eigenvalue weighted by Gasteiger charge is 2.95. The molecule has 0 aliphatic heterocycles. The molecule has 0 heterocycles. The number of hydrogen-bond donors (Lipinski definition) is 0. The third kappa shape index (κ3) is 4.48. The van der Waals surface area contributed by atoms with Crippen molar-refractivity contribution in [2.75, 3.05) is 0 Å². The largest absolute Gasteiger partial charge is 0.460 e. The summed E-state index contributed by atoms with van der Waals surface area (Å²) in [6.45, 7) is 0. The van der Waals surface area contributed by atoms with Gasteiger partial charge < -0.3 is 0 Å². The van der Waals surface area contributed by atoms with Gasteiger partial charge in [0.2, 0.25) is 0 Å². The molecule has 1 aromatic carbocycles. The molecular weight excluding hydrogens is 608 g/mol. The second kappa shape index (κ2) is 8.98. The van der Waals surface area contributed by atoms with E-state index in [-0.39, 0.29) is 0 Å². The van der Waals surface area contributed by atoms with Gasteiger partial charge in [-0.2, -0.15) is 87.8 Å². The summed E-state index contributed by atoms with van der Waals surface area (Å²) in [5.41, 5.74) is -9.25. The molecule has 0 aliphatic rings. The number of alkyl halides is 20. The van der Waals surface area contributed by atoms with Crippen LogP contribution in [0.4, 0.5) is 87.8 Å². The van der Waals surface area contributed by atoms with Crippen LogP contribution in [0.25, 0.3) is 0 Å². The van der Waals surface area contributed by atoms with Gasteiger partial charge in [-0.25, -0.2) is 0 Å². The second-order valence-electron chi connectivity index (χ2n) is 7.25. The first-order chi connectivity index (χ1) is 16.9. The molecule has 1 aromatic rings. The van der Waals surface area contributed by atoms with Gasteiger partial charge in [-0.05, 0) is 12.1 Å². The molecule has 0 saturated heterocycles. The summed E-state index contributed by atoms with van der Waals surface area (Å²) in [7, 11) is 0. The highest BCUT2D eigenvalue weighted by molar-refractivity contribution is 5.54. The summed E-state index contributed by atoms with van der Waals surface area (Å²) in [4.78, 5) is 0. The normalized spacial score (nSPS) is 15.1. The smallest absolute Gasteiger partial charge is 0.194 e. The predicted octanol–water partition coefficient (Wildman–Crippen LogP) is 8.13. The van der Waals surface area contributed by atoms with E-state index in [9.17, 15) is 87.8 Å². The molecule has 1 rings (SSSR count). The molecule has 0 aromatic heterocycles. The van der Waals surface area contributed by atoms with Crippen molar-refractivity contribution in [3.8, 4) is 24.7 Å². The molecule has 0 saturated carbocycles. The Labute approximate surface area is 201 Å². The summed E-state index contributed by atoms with van der Waals surface area (Å²) in [6.07, 6.45) is -4.48. The van der Waals surface area contributed by atoms with Gasteiger partial charge in [-0.1, -0.05) is 11.8 Å². The van der Waals surface area contributed by atoms with Gasteiger partial charge in [-0.3, -0.25) is 0 Å². The zero-order chi connectivity index (χ0) is 31.6. The fourth-order valence-electron chi connectivity index (χ4n) is 2.67. The van der Waals surface area contributed by atoms with Gasteiger partial charge in [0.1, 0.15) is 0 Å². The molecule has 0 radical (unpaired) electrons. The van der Waals surface area contributed by atoms with Crippen molar-refractivity contribution in [1.29, 1.82) is 0 Å². The molecule has 0 unspecified atom stereocenters. The lowest BCUT2D eigenvalue weighted by molar-refractivity contribution is -0.462. The van der Waals surface area contributed by atoms with Crippen LogP contribution >= 0.6 is 0 Å². The van der Waals surface area contributed by atoms with E-state index in [4.69, 9.17) is 0 Å². The van der Waals surface area contributed by atoms with Gasteiger partial charge in [0, 0.05) is 16.7 Å². The highest BCUT2D eigenvalue weighted by atomic mass is 19.4. The van der Waals surface area contributed by atoms with Crippen molar-refractivity contribution in [3.05, 3.63) is 34.4 Å². The van der Waals surface area contributed by atoms with E-state index in [0.29, 0.717) is 0 Å². The van der Waals surface area contributed by atoms with Gasteiger partial charge >= 0.3 is 53.8 Å². The van der Waals surface area contributed by atoms with Crippen LogP contribution in [0.5, 0.6) is 0 Å². The minimum absolute atomic E-state index is 0.683. The Kier molecular flexibility index (Phi) is 7.82. The van der Waals surface area contributed by atoms with Gasteiger partial charge in [0.25, 0.3) is 0 Å². The topological polar surface area (TPSA) is 0 Å². The third-order valence-corrected chi connectivity index (χ3v) is 4.83. The molecule has 39 heavy (non-hydrogen) atoms. The molecule has 220 valence electrons. The van der Waals surface area contributed by atoms with Crippen molar-refractivity contribution in [2.45, 2.75) is 53.8 Å². The number of terminal acetylenes is 2. The van der Waals surface area contributed by atoms with E-state index in [1.807, 2.05) is 0 Å². The van der Waals surface area contributed by atoms with Crippen LogP contribution in [0.2, 0.25) is 0 Å². The summed E-state index contributed by atoms with van der Waals surface area (Å²) in [5, 5.41) is 0. The summed E-state index contributed by atoms with van der Waals surface area (Å²) in [6, 6.07) is -1.60. The van der Waals surface area contributed by atoms with E-state index in [2.05, 4.69) is 12.8 Å². The maximum Gasteiger partial charge on any atom is 0.460 e. The zero-order valence-corrected chi connectivity index (χ0v) is 17.4. The first-order valence-corrected chi connectivity index (χ1v) is 8.76. The van der Waals surface area contributed by atoms with Crippen molar-refractivity contribution in [2.24, 2.45) is 0 Å². The van der Waals surface area contributed by atoms with Gasteiger partial charge in [-0.15, -0.1) is 12.8 Å². The molecular formula is C19H4F20. The average Bonchev–Trinajstić information content (AvgIpc) is 2.75. The van der Waals surface area contributed by atoms with Crippen molar-refractivity contribution in [1.82, 2.24) is 0 Å². The van der Waals surface area contributed by atoms with E-state index in [1.54, 1.807) is 0 Å². The van der Waals surface area contributed by atoms with Crippen LogP contribution in [0.15, 0.2) is 12.1 Å². The van der Waals surface area contributed by atoms with E-state index >= 15 is 0 Å². The molecule has 0 atom stereocenters. The van der Waals surface area contributed by atoms with Gasteiger partial charge in [0.15, 0.2) is 0 Å². The molecule has 0 bridgehead atoms. The molecule has 0 nitrogen and oxygen atoms in total. The summed E-state index contributed by atoms with van der Waals surface area (Å²) < 4.78 is 267. The monoisotopic (exact) mass is 612 g/mol. The predicted molar refractivity (Wildman–Crippen MR) is 86.9 cm³/mol. The minimum atomic E-state index is -8.86. The van der Waals surface area contributed by atoms with Crippen LogP contribution in [0.3, 0.4) is 0 Å². The van der Waals surface area contributed by atoms with Crippen molar-refractivity contribution < 1.29 is 87.8 Å². The fraction of sp³-hybridized carbons (Fsp3) is 0.474. The van der Waals surface area contributed by atoms with E-state index in [1.165, 1.54) is 0 Å². The zero-order valence-electron chi connectivity index (χ0n) is 17.4. The Hall–Kier alpha value is -3.06. The first kappa shape index (κ1) is 34.0. The fourth-order valence-corrected chi connectivity index (χ4v) is 2.67. The van der Waals surface area contributed by atoms with Crippen LogP contribution in [-0.4, -0.2) is 41.7 Å². The first-order valence-electron chi connectivity index (χ1n) is 8.76. The highest BCUT2D eigenvalue weighted by Crippen LogP contribution is 2.65. The van der Waals surface area contributed by atoms with Crippen molar-refractivity contribution >= 4 is 0 Å². The second-order valence-corrected chi connectivity index (χ2v) is 7.25. The molecule has 0 amide bonds. The lowest BCUT2D eigenvalue weighted by Gasteiger charge is -2.43. The van der Waals surface area contributed by atoms with E-state index in [0.717, 1.165) is 11.8 Å². The minimum Gasteiger partial charge on any atom is -0.194 e. The third-order valence-electron chi connectivity index (χ3n) is 4.83. The van der Waals surface area contributed by atoms with Crippen LogP contribution < -0.4 is 0 Å². The van der Waals surface area contributed by atoms with Gasteiger partial charge in [0.05, 0.1) is 5.56 Å². The van der Waals surface area contributed by atoms with E-state index < -0.39 is 88.2 Å². The standard InChI is InChI=1S/C19H4F20/c1-3-7-6-10(12(22,23)24)8(4-2)5-9(7)11(20,21)13(25,26)14(27,28)15(29,30)16(31,32)17(33,34)18(35,36)19(37,38)39/h1-2,5-6H. The van der Waals surface area contributed by atoms with Crippen LogP contribution in [-0.2, 0) is 12.1 Å². The van der Waals surface area contributed by atoms with Crippen LogP contribution in [0.1, 0.15) is 22.3 Å². The molecule has 20 heteroatoms. The molecule has 0 aliphatic carbocycles. The quantitative estimate of drug-likeness (QED) is 0.216. The molecule has 0 fully saturated rings. The average molecular weight is 612 g/mol. The lowest BCUT2D eigenvalue weighted by Crippen LogP contribution is -2.74. The summed E-state index contributed by atoms with van der Waals surface area (Å²) >= 11 is 0. The Balaban J connectivity index is 3.99. The van der Waals surface area contributed by atoms with Crippen molar-refractivity contribution in [3.63, 3.8) is 0 Å². The SMILES string of the molecule is C#Cc1cc(C(F)(F)C(F)(F)C(F)(F)C(F)(F)C(F)(F)C(F)(F)C(F)(F)C(F)(F)F)c(C#C)cc1C(F)(F)F. The maximum atomic E-state index is 14.5. The number of halogens is 20. The Morgan fingerprint density at radius 3 is 1.00 bits per heavy atom. The number of benzene rings is 1.